The molecule has 3 aromatic rings. The van der Waals surface area contributed by atoms with Crippen molar-refractivity contribution in [2.45, 2.75) is 0 Å². The summed E-state index contributed by atoms with van der Waals surface area (Å²) in [5, 5.41) is 5.95. The number of rotatable bonds is 4. The predicted octanol–water partition coefficient (Wildman–Crippen LogP) is 1.54. The van der Waals surface area contributed by atoms with Crippen LogP contribution in [0.15, 0.2) is 49.3 Å². The molecule has 0 amide bonds. The molecular formula is C12H10N8. The number of hydrogen-bond donors (Lipinski definition) is 2. The van der Waals surface area contributed by atoms with E-state index in [1.165, 1.54) is 6.33 Å². The number of nitrogens with one attached hydrogen (secondary N) is 2. The second kappa shape index (κ2) is 5.65. The zero-order valence-electron chi connectivity index (χ0n) is 10.3. The van der Waals surface area contributed by atoms with Crippen molar-refractivity contribution < 1.29 is 0 Å². The molecular weight excluding hydrogens is 256 g/mol. The average molecular weight is 266 g/mol. The molecule has 8 heteroatoms. The molecule has 0 aromatic carbocycles. The number of hydrogen-bond acceptors (Lipinski definition) is 8. The minimum Gasteiger partial charge on any atom is -0.309 e. The Kier molecular flexibility index (Phi) is 3.36. The van der Waals surface area contributed by atoms with Gasteiger partial charge in [-0.1, -0.05) is 0 Å². The molecule has 0 aliphatic rings. The van der Waals surface area contributed by atoms with Gasteiger partial charge in [0.2, 0.25) is 11.9 Å². The van der Waals surface area contributed by atoms with Crippen LogP contribution in [0, 0.1) is 0 Å². The fourth-order valence-electron chi connectivity index (χ4n) is 1.45. The van der Waals surface area contributed by atoms with Gasteiger partial charge in [0.15, 0.2) is 0 Å². The fraction of sp³-hybridized carbons (Fsp3) is 0. The molecule has 0 aliphatic heterocycles. The summed E-state index contributed by atoms with van der Waals surface area (Å²) in [6, 6.07) is 5.20. The van der Waals surface area contributed by atoms with Crippen molar-refractivity contribution in [3.05, 3.63) is 49.3 Å². The largest absolute Gasteiger partial charge is 0.309 e. The highest BCUT2D eigenvalue weighted by atomic mass is 15.2. The van der Waals surface area contributed by atoms with E-state index >= 15 is 0 Å². The second-order valence-electron chi connectivity index (χ2n) is 3.68. The van der Waals surface area contributed by atoms with Crippen molar-refractivity contribution in [2.24, 2.45) is 0 Å². The third kappa shape index (κ3) is 2.99. The Balaban J connectivity index is 1.76. The Morgan fingerprint density at radius 2 is 1.05 bits per heavy atom. The number of nitrogens with zero attached hydrogens (tertiary/aromatic N) is 6. The van der Waals surface area contributed by atoms with Crippen molar-refractivity contribution in [1.29, 1.82) is 0 Å². The van der Waals surface area contributed by atoms with Gasteiger partial charge in [-0.3, -0.25) is 0 Å². The smallest absolute Gasteiger partial charge is 0.228 e. The summed E-state index contributed by atoms with van der Waals surface area (Å²) in [6.07, 6.45) is 8.01. The monoisotopic (exact) mass is 266 g/mol. The van der Waals surface area contributed by atoms with E-state index in [1.54, 1.807) is 43.0 Å². The molecule has 0 spiro atoms. The number of anilines is 4. The molecule has 3 rings (SSSR count). The average Bonchev–Trinajstić information content (AvgIpc) is 2.50. The summed E-state index contributed by atoms with van der Waals surface area (Å²) in [5.41, 5.74) is 0. The molecule has 0 fully saturated rings. The van der Waals surface area contributed by atoms with E-state index in [1.807, 2.05) is 0 Å². The molecule has 20 heavy (non-hydrogen) atoms. The van der Waals surface area contributed by atoms with E-state index in [2.05, 4.69) is 40.5 Å². The van der Waals surface area contributed by atoms with Gasteiger partial charge >= 0.3 is 0 Å². The van der Waals surface area contributed by atoms with Gasteiger partial charge in [0.25, 0.3) is 0 Å². The molecule has 2 N–H and O–H groups in total. The molecule has 8 nitrogen and oxygen atoms in total. The Labute approximate surface area is 114 Å². The molecule has 0 atom stereocenters. The molecule has 3 heterocycles. The highest BCUT2D eigenvalue weighted by Gasteiger charge is 2.02. The molecule has 0 bridgehead atoms. The van der Waals surface area contributed by atoms with Gasteiger partial charge in [0.1, 0.15) is 18.0 Å². The highest BCUT2D eigenvalue weighted by molar-refractivity contribution is 5.56. The van der Waals surface area contributed by atoms with Gasteiger partial charge < -0.3 is 10.6 Å². The maximum atomic E-state index is 4.09. The Hall–Kier alpha value is -3.16. The van der Waals surface area contributed by atoms with Crippen LogP contribution in [0.25, 0.3) is 0 Å². The predicted molar refractivity (Wildman–Crippen MR) is 72.7 cm³/mol. The fourth-order valence-corrected chi connectivity index (χ4v) is 1.45. The molecule has 0 aliphatic carbocycles. The standard InChI is InChI=1S/C12H10N8/c1-3-13-11(14-4-1)19-9-7-10(18-8-17-9)20-12-15-5-2-6-16-12/h1-8H,(H2,13,14,15,16,17,18,19,20). The first kappa shape index (κ1) is 11.9. The van der Waals surface area contributed by atoms with E-state index in [4.69, 9.17) is 0 Å². The summed E-state index contributed by atoms with van der Waals surface area (Å²) >= 11 is 0. The van der Waals surface area contributed by atoms with Crippen molar-refractivity contribution >= 4 is 23.5 Å². The lowest BCUT2D eigenvalue weighted by Crippen LogP contribution is -2.02. The second-order valence-corrected chi connectivity index (χ2v) is 3.68. The van der Waals surface area contributed by atoms with Crippen LogP contribution in [-0.4, -0.2) is 29.9 Å². The summed E-state index contributed by atoms with van der Waals surface area (Å²) in [6.45, 7) is 0. The van der Waals surface area contributed by atoms with Crippen LogP contribution >= 0.6 is 0 Å². The zero-order chi connectivity index (χ0) is 13.6. The Bertz CT molecular complexity index is 617. The third-order valence-corrected chi connectivity index (χ3v) is 2.28. The topological polar surface area (TPSA) is 101 Å². The first-order valence-corrected chi connectivity index (χ1v) is 5.80. The van der Waals surface area contributed by atoms with Crippen molar-refractivity contribution in [3.63, 3.8) is 0 Å². The van der Waals surface area contributed by atoms with Crippen LogP contribution in [0.3, 0.4) is 0 Å². The van der Waals surface area contributed by atoms with Gasteiger partial charge in [-0.05, 0) is 12.1 Å². The minimum atomic E-state index is 0.466. The van der Waals surface area contributed by atoms with Crippen LogP contribution in [0.5, 0.6) is 0 Å². The van der Waals surface area contributed by atoms with Gasteiger partial charge in [0.05, 0.1) is 0 Å². The molecule has 0 saturated carbocycles. The Morgan fingerprint density at radius 1 is 0.600 bits per heavy atom. The molecule has 0 unspecified atom stereocenters. The van der Waals surface area contributed by atoms with E-state index in [9.17, 15) is 0 Å². The first-order chi connectivity index (χ1) is 9.90. The van der Waals surface area contributed by atoms with Gasteiger partial charge in [-0.2, -0.15) is 0 Å². The SMILES string of the molecule is c1cnc(Nc2cc(Nc3ncccn3)ncn2)nc1. The molecule has 0 saturated heterocycles. The van der Waals surface area contributed by atoms with Crippen molar-refractivity contribution in [2.75, 3.05) is 10.6 Å². The van der Waals surface area contributed by atoms with Crippen LogP contribution in [0.2, 0.25) is 0 Å². The quantitative estimate of drug-likeness (QED) is 0.733. The van der Waals surface area contributed by atoms with Gasteiger partial charge in [-0.25, -0.2) is 29.9 Å². The van der Waals surface area contributed by atoms with Gasteiger partial charge in [0, 0.05) is 30.9 Å². The van der Waals surface area contributed by atoms with E-state index in [0.29, 0.717) is 23.5 Å². The van der Waals surface area contributed by atoms with Crippen molar-refractivity contribution in [1.82, 2.24) is 29.9 Å². The maximum absolute atomic E-state index is 4.09. The lowest BCUT2D eigenvalue weighted by molar-refractivity contribution is 1.10. The normalized spacial score (nSPS) is 10.0. The minimum absolute atomic E-state index is 0.466. The lowest BCUT2D eigenvalue weighted by Gasteiger charge is -2.06. The first-order valence-electron chi connectivity index (χ1n) is 5.80. The summed E-state index contributed by atoms with van der Waals surface area (Å²) in [7, 11) is 0. The Morgan fingerprint density at radius 3 is 1.50 bits per heavy atom. The highest BCUT2D eigenvalue weighted by Crippen LogP contribution is 2.14. The van der Waals surface area contributed by atoms with Crippen LogP contribution in [-0.2, 0) is 0 Å². The molecule has 98 valence electrons. The summed E-state index contributed by atoms with van der Waals surface area (Å²) in [5.74, 6) is 2.08. The zero-order valence-corrected chi connectivity index (χ0v) is 10.3. The number of aromatic nitrogens is 6. The maximum Gasteiger partial charge on any atom is 0.228 e. The van der Waals surface area contributed by atoms with Gasteiger partial charge in [-0.15, -0.1) is 0 Å². The van der Waals surface area contributed by atoms with E-state index < -0.39 is 0 Å². The van der Waals surface area contributed by atoms with Crippen molar-refractivity contribution in [3.8, 4) is 0 Å². The van der Waals surface area contributed by atoms with Crippen LogP contribution in [0.4, 0.5) is 23.5 Å². The third-order valence-electron chi connectivity index (χ3n) is 2.28. The molecule has 3 aromatic heterocycles. The van der Waals surface area contributed by atoms with Crippen LogP contribution < -0.4 is 10.6 Å². The van der Waals surface area contributed by atoms with E-state index in [0.717, 1.165) is 0 Å². The lowest BCUT2D eigenvalue weighted by atomic mass is 10.5. The molecule has 0 radical (unpaired) electrons. The van der Waals surface area contributed by atoms with E-state index in [-0.39, 0.29) is 0 Å². The summed E-state index contributed by atoms with van der Waals surface area (Å²) in [4.78, 5) is 24.4. The van der Waals surface area contributed by atoms with Crippen LogP contribution in [0.1, 0.15) is 0 Å². The summed E-state index contributed by atoms with van der Waals surface area (Å²) < 4.78 is 0.